The van der Waals surface area contributed by atoms with Crippen LogP contribution in [0.3, 0.4) is 0 Å². The highest BCUT2D eigenvalue weighted by Crippen LogP contribution is 2.15. The minimum Gasteiger partial charge on any atom is -0.487 e. The van der Waals surface area contributed by atoms with Crippen LogP contribution in [0, 0.1) is 12.7 Å². The van der Waals surface area contributed by atoms with E-state index in [9.17, 15) is 4.39 Å². The largest absolute Gasteiger partial charge is 0.487 e. The summed E-state index contributed by atoms with van der Waals surface area (Å²) in [5.74, 6) is 0.376. The molecule has 0 aliphatic rings. The minimum atomic E-state index is -0.245. The predicted molar refractivity (Wildman–Crippen MR) is 65.6 cm³/mol. The zero-order valence-corrected chi connectivity index (χ0v) is 10.1. The molecular weight excluding hydrogens is 233 g/mol. The van der Waals surface area contributed by atoms with Gasteiger partial charge in [-0.2, -0.15) is 0 Å². The molecule has 0 saturated heterocycles. The molecule has 0 fully saturated rings. The van der Waals surface area contributed by atoms with Crippen molar-refractivity contribution in [3.05, 3.63) is 59.2 Å². The molecule has 0 bridgehead atoms. The number of aliphatic hydroxyl groups excluding tert-OH is 1. The molecule has 1 heterocycles. The molecule has 4 heteroatoms. The Morgan fingerprint density at radius 1 is 1.28 bits per heavy atom. The average Bonchev–Trinajstić information content (AvgIpc) is 2.38. The summed E-state index contributed by atoms with van der Waals surface area (Å²) in [6.07, 6.45) is 1.56. The van der Waals surface area contributed by atoms with Gasteiger partial charge >= 0.3 is 0 Å². The van der Waals surface area contributed by atoms with E-state index in [1.807, 2.05) is 6.92 Å². The van der Waals surface area contributed by atoms with Crippen molar-refractivity contribution < 1.29 is 14.2 Å². The second-order valence-corrected chi connectivity index (χ2v) is 4.00. The lowest BCUT2D eigenvalue weighted by Gasteiger charge is -2.08. The highest BCUT2D eigenvalue weighted by molar-refractivity contribution is 5.27. The summed E-state index contributed by atoms with van der Waals surface area (Å²) in [7, 11) is 0. The third kappa shape index (κ3) is 3.05. The third-order valence-corrected chi connectivity index (χ3v) is 2.66. The number of rotatable bonds is 4. The molecule has 3 nitrogen and oxygen atoms in total. The summed E-state index contributed by atoms with van der Waals surface area (Å²) >= 11 is 0. The van der Waals surface area contributed by atoms with E-state index in [1.165, 1.54) is 12.1 Å². The molecule has 0 unspecified atom stereocenters. The van der Waals surface area contributed by atoms with Crippen molar-refractivity contribution >= 4 is 0 Å². The van der Waals surface area contributed by atoms with Gasteiger partial charge in [0, 0.05) is 0 Å². The normalized spacial score (nSPS) is 10.4. The number of halogens is 1. The van der Waals surface area contributed by atoms with Crippen LogP contribution in [0.15, 0.2) is 36.5 Å². The van der Waals surface area contributed by atoms with Crippen molar-refractivity contribution in [1.82, 2.24) is 4.98 Å². The first kappa shape index (κ1) is 12.5. The Hall–Kier alpha value is -1.94. The van der Waals surface area contributed by atoms with Crippen LogP contribution in [-0.4, -0.2) is 10.1 Å². The monoisotopic (exact) mass is 247 g/mol. The van der Waals surface area contributed by atoms with Crippen LogP contribution in [0.4, 0.5) is 4.39 Å². The van der Waals surface area contributed by atoms with E-state index >= 15 is 0 Å². The van der Waals surface area contributed by atoms with Gasteiger partial charge in [0.05, 0.1) is 18.5 Å². The first-order valence-corrected chi connectivity index (χ1v) is 5.62. The molecule has 2 rings (SSSR count). The van der Waals surface area contributed by atoms with Crippen molar-refractivity contribution in [2.75, 3.05) is 0 Å². The molecule has 1 aromatic heterocycles. The molecule has 0 spiro atoms. The van der Waals surface area contributed by atoms with Gasteiger partial charge in [0.2, 0.25) is 0 Å². The predicted octanol–water partition coefficient (Wildman–Crippen LogP) is 2.60. The van der Waals surface area contributed by atoms with Crippen LogP contribution in [0.2, 0.25) is 0 Å². The number of hydrogen-bond donors (Lipinski definition) is 1. The van der Waals surface area contributed by atoms with E-state index in [0.717, 1.165) is 11.1 Å². The number of aromatic nitrogens is 1. The number of ether oxygens (including phenoxy) is 1. The van der Waals surface area contributed by atoms with Gasteiger partial charge in [0.15, 0.2) is 0 Å². The Kier molecular flexibility index (Phi) is 3.89. The zero-order valence-electron chi connectivity index (χ0n) is 10.1. The quantitative estimate of drug-likeness (QED) is 0.903. The molecule has 0 radical (unpaired) electrons. The van der Waals surface area contributed by atoms with Gasteiger partial charge in [0.25, 0.3) is 0 Å². The van der Waals surface area contributed by atoms with E-state index in [4.69, 9.17) is 9.84 Å². The first-order chi connectivity index (χ1) is 8.69. The van der Waals surface area contributed by atoms with Crippen LogP contribution in [-0.2, 0) is 13.2 Å². The SMILES string of the molecule is Cc1cc(F)ccc1COc1ccc(CO)nc1. The fourth-order valence-electron chi connectivity index (χ4n) is 1.57. The van der Waals surface area contributed by atoms with Crippen molar-refractivity contribution in [1.29, 1.82) is 0 Å². The molecule has 1 aromatic carbocycles. The molecule has 18 heavy (non-hydrogen) atoms. The lowest BCUT2D eigenvalue weighted by molar-refractivity contribution is 0.275. The lowest BCUT2D eigenvalue weighted by atomic mass is 10.1. The van der Waals surface area contributed by atoms with Gasteiger partial charge in [0.1, 0.15) is 18.2 Å². The molecule has 0 atom stereocenters. The Labute approximate surface area is 105 Å². The molecule has 0 saturated carbocycles. The highest BCUT2D eigenvalue weighted by Gasteiger charge is 2.02. The Bertz CT molecular complexity index is 526. The zero-order chi connectivity index (χ0) is 13.0. The van der Waals surface area contributed by atoms with Gasteiger partial charge in [-0.15, -0.1) is 0 Å². The maximum atomic E-state index is 12.9. The lowest BCUT2D eigenvalue weighted by Crippen LogP contribution is -1.99. The van der Waals surface area contributed by atoms with Gasteiger partial charge in [-0.3, -0.25) is 4.98 Å². The summed E-state index contributed by atoms with van der Waals surface area (Å²) in [6.45, 7) is 2.12. The summed E-state index contributed by atoms with van der Waals surface area (Å²) in [6, 6.07) is 8.05. The Balaban J connectivity index is 2.02. The molecule has 94 valence electrons. The fourth-order valence-corrected chi connectivity index (χ4v) is 1.57. The number of nitrogens with zero attached hydrogens (tertiary/aromatic N) is 1. The van der Waals surface area contributed by atoms with Crippen molar-refractivity contribution in [2.45, 2.75) is 20.1 Å². The minimum absolute atomic E-state index is 0.0860. The Morgan fingerprint density at radius 2 is 2.11 bits per heavy atom. The molecule has 1 N–H and O–H groups in total. The number of aryl methyl sites for hydroxylation is 1. The van der Waals surface area contributed by atoms with Crippen LogP contribution >= 0.6 is 0 Å². The van der Waals surface area contributed by atoms with Gasteiger partial charge in [-0.25, -0.2) is 4.39 Å². The maximum Gasteiger partial charge on any atom is 0.138 e. The van der Waals surface area contributed by atoms with Gasteiger partial charge in [-0.1, -0.05) is 6.07 Å². The fraction of sp³-hybridized carbons (Fsp3) is 0.214. The number of hydrogen-bond acceptors (Lipinski definition) is 3. The third-order valence-electron chi connectivity index (χ3n) is 2.66. The second kappa shape index (κ2) is 5.60. The van der Waals surface area contributed by atoms with Crippen LogP contribution < -0.4 is 4.74 Å². The van der Waals surface area contributed by atoms with E-state index in [0.29, 0.717) is 18.1 Å². The summed E-state index contributed by atoms with van der Waals surface area (Å²) < 4.78 is 18.5. The summed E-state index contributed by atoms with van der Waals surface area (Å²) in [4.78, 5) is 4.01. The van der Waals surface area contributed by atoms with E-state index in [1.54, 1.807) is 24.4 Å². The topological polar surface area (TPSA) is 42.4 Å². The summed E-state index contributed by atoms with van der Waals surface area (Å²) in [5.41, 5.74) is 2.39. The van der Waals surface area contributed by atoms with E-state index in [2.05, 4.69) is 4.98 Å². The first-order valence-electron chi connectivity index (χ1n) is 5.62. The van der Waals surface area contributed by atoms with Crippen LogP contribution in [0.5, 0.6) is 5.75 Å². The van der Waals surface area contributed by atoms with Gasteiger partial charge in [-0.05, 0) is 42.3 Å². The van der Waals surface area contributed by atoms with Crippen molar-refractivity contribution in [2.24, 2.45) is 0 Å². The highest BCUT2D eigenvalue weighted by atomic mass is 19.1. The number of benzene rings is 1. The second-order valence-electron chi connectivity index (χ2n) is 4.00. The van der Waals surface area contributed by atoms with E-state index in [-0.39, 0.29) is 12.4 Å². The standard InChI is InChI=1S/C14H14FNO2/c1-10-6-12(15)3-2-11(10)9-18-14-5-4-13(8-17)16-7-14/h2-7,17H,8-9H2,1H3. The van der Waals surface area contributed by atoms with Crippen LogP contribution in [0.25, 0.3) is 0 Å². The molecule has 2 aromatic rings. The molecular formula is C14H14FNO2. The molecule has 0 aliphatic heterocycles. The van der Waals surface area contributed by atoms with Crippen LogP contribution in [0.1, 0.15) is 16.8 Å². The number of pyridine rings is 1. The van der Waals surface area contributed by atoms with E-state index < -0.39 is 0 Å². The Morgan fingerprint density at radius 3 is 2.72 bits per heavy atom. The van der Waals surface area contributed by atoms with Crippen molar-refractivity contribution in [3.63, 3.8) is 0 Å². The molecule has 0 aliphatic carbocycles. The van der Waals surface area contributed by atoms with Crippen molar-refractivity contribution in [3.8, 4) is 5.75 Å². The maximum absolute atomic E-state index is 12.9. The number of aliphatic hydroxyl groups is 1. The molecule has 0 amide bonds. The van der Waals surface area contributed by atoms with Gasteiger partial charge < -0.3 is 9.84 Å². The summed E-state index contributed by atoms with van der Waals surface area (Å²) in [5, 5.41) is 8.86. The average molecular weight is 247 g/mol. The smallest absolute Gasteiger partial charge is 0.138 e.